The largest absolute Gasteiger partial charge is 1.00 e. The predicted molar refractivity (Wildman–Crippen MR) is 154 cm³/mol. The summed E-state index contributed by atoms with van der Waals surface area (Å²) < 4.78 is 17.4. The van der Waals surface area contributed by atoms with Gasteiger partial charge in [0.2, 0.25) is 0 Å². The number of hydrogen-bond donors (Lipinski definition) is 1. The van der Waals surface area contributed by atoms with Crippen LogP contribution in [0.3, 0.4) is 0 Å². The first-order chi connectivity index (χ1) is 17.7. The Morgan fingerprint density at radius 1 is 0.811 bits per heavy atom. The average Bonchev–Trinajstić information content (AvgIpc) is 2.94. The van der Waals surface area contributed by atoms with Crippen LogP contribution >= 0.6 is 7.26 Å². The summed E-state index contributed by atoms with van der Waals surface area (Å²) in [5, 5.41) is 12.3. The minimum atomic E-state index is -1.54. The third-order valence-corrected chi connectivity index (χ3v) is 17.0. The van der Waals surface area contributed by atoms with Gasteiger partial charge in [-0.1, -0.05) is 25.3 Å². The van der Waals surface area contributed by atoms with Crippen LogP contribution in [0.1, 0.15) is 103 Å². The van der Waals surface area contributed by atoms with Crippen molar-refractivity contribution in [2.45, 2.75) is 132 Å². The van der Waals surface area contributed by atoms with Crippen LogP contribution in [0.15, 0.2) is 18.2 Å². The molecule has 0 amide bonds. The normalized spacial score (nSPS) is 20.6. The maximum absolute atomic E-state index is 10.9. The fourth-order valence-corrected chi connectivity index (χ4v) is 16.1. The van der Waals surface area contributed by atoms with Crippen LogP contribution in [0.4, 0.5) is 0 Å². The second-order valence-corrected chi connectivity index (χ2v) is 17.0. The van der Waals surface area contributed by atoms with E-state index in [2.05, 4.69) is 12.1 Å². The van der Waals surface area contributed by atoms with Crippen molar-refractivity contribution in [3.8, 4) is 11.5 Å². The molecule has 2 radical (unpaired) electrons. The monoisotopic (exact) mass is 612 g/mol. The molecule has 0 aliphatic heterocycles. The van der Waals surface area contributed by atoms with E-state index in [9.17, 15) is 5.11 Å². The van der Waals surface area contributed by atoms with Crippen molar-refractivity contribution in [3.63, 3.8) is 0 Å². The number of methoxy groups -OCH3 is 2. The van der Waals surface area contributed by atoms with Crippen molar-refractivity contribution in [3.05, 3.63) is 18.2 Å². The first-order valence-electron chi connectivity index (χ1n) is 14.8. The quantitative estimate of drug-likeness (QED) is 0.163. The third-order valence-electron chi connectivity index (χ3n) is 9.21. The molecule has 0 unspecified atom stereocenters. The smallest absolute Gasteiger partial charge is 0.161 e. The molecule has 4 nitrogen and oxygen atoms in total. The van der Waals surface area contributed by atoms with Crippen LogP contribution in [0.25, 0.3) is 0 Å². The summed E-state index contributed by atoms with van der Waals surface area (Å²) in [5.74, 6) is 1.44. The molecule has 0 spiro atoms. The standard InChI is InChI=1S/C30H49O4PSi.BrH/c1-32-30(33-2)36-22-12-21-34-28-20-19-24(31)23-29(28)35(25-13-6-3-7-14-25,26-15-8-4-9-16-26)27-17-10-5-11-18-27;/h19-20,23,25-27,30H,3-18,21-22H2,1-2H3;1H. The van der Waals surface area contributed by atoms with Gasteiger partial charge in [-0.25, -0.2) is 0 Å². The molecule has 0 saturated heterocycles. The van der Waals surface area contributed by atoms with Crippen molar-refractivity contribution in [2.24, 2.45) is 0 Å². The van der Waals surface area contributed by atoms with Gasteiger partial charge in [0.25, 0.3) is 0 Å². The van der Waals surface area contributed by atoms with Crippen LogP contribution in [0.2, 0.25) is 6.04 Å². The molecule has 7 heteroatoms. The van der Waals surface area contributed by atoms with E-state index < -0.39 is 7.26 Å². The zero-order chi connectivity index (χ0) is 25.2. The van der Waals surface area contributed by atoms with Crippen molar-refractivity contribution < 1.29 is 36.3 Å². The second kappa shape index (κ2) is 16.2. The van der Waals surface area contributed by atoms with Crippen molar-refractivity contribution in [1.82, 2.24) is 0 Å². The zero-order valence-corrected chi connectivity index (χ0v) is 26.7. The second-order valence-electron chi connectivity index (χ2n) is 11.3. The van der Waals surface area contributed by atoms with E-state index in [1.165, 1.54) is 102 Å². The highest BCUT2D eigenvalue weighted by atomic mass is 79.9. The Hall–Kier alpha value is -0.133. The minimum absolute atomic E-state index is 0. The summed E-state index contributed by atoms with van der Waals surface area (Å²) in [6.07, 6.45) is 21.9. The summed E-state index contributed by atoms with van der Waals surface area (Å²) in [7, 11) is 2.51. The number of ether oxygens (including phenoxy) is 3. The molecule has 1 aromatic carbocycles. The van der Waals surface area contributed by atoms with Crippen molar-refractivity contribution in [1.29, 1.82) is 0 Å². The molecule has 4 rings (SSSR count). The van der Waals surface area contributed by atoms with E-state index in [1.54, 1.807) is 14.2 Å². The fraction of sp³-hybridized carbons (Fsp3) is 0.800. The van der Waals surface area contributed by atoms with Crippen LogP contribution < -0.4 is 27.0 Å². The summed E-state index contributed by atoms with van der Waals surface area (Å²) >= 11 is 0. The maximum atomic E-state index is 10.9. The van der Waals surface area contributed by atoms with Gasteiger partial charge in [0.05, 0.1) is 30.8 Å². The molecule has 3 saturated carbocycles. The van der Waals surface area contributed by atoms with Gasteiger partial charge < -0.3 is 36.3 Å². The highest BCUT2D eigenvalue weighted by Gasteiger charge is 2.60. The Labute approximate surface area is 239 Å². The summed E-state index contributed by atoms with van der Waals surface area (Å²) in [4.78, 5) is 0. The molecule has 3 aliphatic rings. The molecule has 0 heterocycles. The highest BCUT2D eigenvalue weighted by Crippen LogP contribution is 2.77. The zero-order valence-electron chi connectivity index (χ0n) is 23.3. The number of benzene rings is 1. The lowest BCUT2D eigenvalue weighted by Gasteiger charge is -2.49. The van der Waals surface area contributed by atoms with Crippen LogP contribution in [0.5, 0.6) is 11.5 Å². The van der Waals surface area contributed by atoms with Gasteiger partial charge in [-0.3, -0.25) is 0 Å². The molecule has 1 aromatic rings. The van der Waals surface area contributed by atoms with Crippen molar-refractivity contribution in [2.75, 3.05) is 20.8 Å². The molecule has 0 aromatic heterocycles. The fourth-order valence-electron chi connectivity index (χ4n) is 7.68. The number of aromatic hydroxyl groups is 1. The Kier molecular flexibility index (Phi) is 13.8. The van der Waals surface area contributed by atoms with E-state index in [-0.39, 0.29) is 22.9 Å². The SMILES string of the molecule is COC(OC)[Si]CCCOc1ccc(O)cc1[P+](C1CCCCC1)(C1CCCCC1)C1CCCCC1.[Br-]. The Bertz CT molecular complexity index is 729. The molecule has 210 valence electrons. The van der Waals surface area contributed by atoms with Gasteiger partial charge in [0.15, 0.2) is 5.75 Å². The van der Waals surface area contributed by atoms with E-state index in [0.29, 0.717) is 15.3 Å². The Balaban J connectivity index is 0.00000380. The van der Waals surface area contributed by atoms with Crippen LogP contribution in [-0.2, 0) is 9.47 Å². The molecular weight excluding hydrogens is 563 g/mol. The molecule has 3 fully saturated rings. The Morgan fingerprint density at radius 3 is 1.76 bits per heavy atom. The third kappa shape index (κ3) is 7.75. The molecule has 0 bridgehead atoms. The topological polar surface area (TPSA) is 47.9 Å². The lowest BCUT2D eigenvalue weighted by Crippen LogP contribution is -3.00. The van der Waals surface area contributed by atoms with Gasteiger partial charge in [0, 0.05) is 20.3 Å². The van der Waals surface area contributed by atoms with Gasteiger partial charge in [-0.2, -0.15) is 0 Å². The number of phenolic OH excluding ortho intramolecular Hbond substituents is 1. The van der Waals surface area contributed by atoms with E-state index in [0.717, 1.165) is 41.8 Å². The lowest BCUT2D eigenvalue weighted by molar-refractivity contribution is -0.0441. The van der Waals surface area contributed by atoms with Crippen LogP contribution in [-0.4, -0.2) is 58.3 Å². The molecule has 3 aliphatic carbocycles. The molecular formula is C30H50BrO4PSi. The number of halogens is 1. The average molecular weight is 614 g/mol. The van der Waals surface area contributed by atoms with E-state index in [1.807, 2.05) is 6.07 Å². The van der Waals surface area contributed by atoms with Gasteiger partial charge in [0.1, 0.15) is 26.5 Å². The van der Waals surface area contributed by atoms with Gasteiger partial charge >= 0.3 is 0 Å². The van der Waals surface area contributed by atoms with E-state index >= 15 is 0 Å². The maximum Gasteiger partial charge on any atom is 0.161 e. The first kappa shape index (κ1) is 31.4. The van der Waals surface area contributed by atoms with Crippen LogP contribution in [0, 0.1) is 0 Å². The van der Waals surface area contributed by atoms with E-state index in [4.69, 9.17) is 14.2 Å². The lowest BCUT2D eigenvalue weighted by atomic mass is 9.99. The predicted octanol–water partition coefficient (Wildman–Crippen LogP) is 4.51. The highest BCUT2D eigenvalue weighted by molar-refractivity contribution is 7.85. The van der Waals surface area contributed by atoms with Gasteiger partial charge in [-0.15, -0.1) is 0 Å². The van der Waals surface area contributed by atoms with Gasteiger partial charge in [-0.05, 0) is 95.6 Å². The summed E-state index contributed by atoms with van der Waals surface area (Å²) in [6.45, 7) is 0.727. The number of phenols is 1. The minimum Gasteiger partial charge on any atom is -1.00 e. The molecule has 0 atom stereocenters. The number of hydrogen-bond acceptors (Lipinski definition) is 4. The summed E-state index contributed by atoms with van der Waals surface area (Å²) in [6, 6.07) is 7.22. The first-order valence-corrected chi connectivity index (χ1v) is 18.1. The molecule has 37 heavy (non-hydrogen) atoms. The number of rotatable bonds is 12. The summed E-state index contributed by atoms with van der Waals surface area (Å²) in [5.41, 5.74) is 2.48. The Morgan fingerprint density at radius 2 is 1.30 bits per heavy atom. The molecule has 1 N–H and O–H groups in total. The van der Waals surface area contributed by atoms with Crippen molar-refractivity contribution >= 4 is 22.1 Å².